The molecule has 6 fully saturated rings. The molecule has 404 valence electrons. The highest BCUT2D eigenvalue weighted by molar-refractivity contribution is 7.91. The molecule has 10 rings (SSSR count). The van der Waals surface area contributed by atoms with Crippen molar-refractivity contribution in [2.75, 3.05) is 85.0 Å². The quantitative estimate of drug-likeness (QED) is 0.0951. The zero-order valence-corrected chi connectivity index (χ0v) is 45.7. The van der Waals surface area contributed by atoms with Crippen LogP contribution in [0.2, 0.25) is 0 Å². The average molecular weight is 1090 g/mol. The van der Waals surface area contributed by atoms with Crippen molar-refractivity contribution in [3.8, 4) is 0 Å². The number of carbonyl (C=O) groups excluding carboxylic acids is 1. The van der Waals surface area contributed by atoms with E-state index in [0.29, 0.717) is 65.8 Å². The van der Waals surface area contributed by atoms with Crippen LogP contribution in [-0.4, -0.2) is 132 Å². The fourth-order valence-electron chi connectivity index (χ4n) is 9.83. The number of sulfone groups is 2. The van der Waals surface area contributed by atoms with Crippen molar-refractivity contribution < 1.29 is 51.2 Å². The summed E-state index contributed by atoms with van der Waals surface area (Å²) in [6.07, 6.45) is 12.2. The summed E-state index contributed by atoms with van der Waals surface area (Å²) in [6, 6.07) is 12.3. The molecule has 0 radical (unpaired) electrons. The number of nitrogens with one attached hydrogen (secondary N) is 1. The summed E-state index contributed by atoms with van der Waals surface area (Å²) in [7, 11) is -8.92. The number of aromatic nitrogens is 4. The Labute approximate surface area is 441 Å². The van der Waals surface area contributed by atoms with Gasteiger partial charge in [-0.25, -0.2) is 41.6 Å². The number of carbonyl (C=O) groups is 2. The molecule has 22 heteroatoms. The summed E-state index contributed by atoms with van der Waals surface area (Å²) in [4.78, 5) is 45.7. The van der Waals surface area contributed by atoms with Crippen LogP contribution in [0.1, 0.15) is 125 Å². The zero-order valence-electron chi connectivity index (χ0n) is 46.1. The van der Waals surface area contributed by atoms with Gasteiger partial charge >= 0.3 is 5.97 Å². The third-order valence-electron chi connectivity index (χ3n) is 14.9. The van der Waals surface area contributed by atoms with Crippen LogP contribution >= 0.6 is 9.73 Å². The van der Waals surface area contributed by atoms with Gasteiger partial charge in [0.25, 0.3) is 5.91 Å². The van der Waals surface area contributed by atoms with Crippen molar-refractivity contribution in [2.24, 2.45) is 21.7 Å². The number of piperidine rings is 2. The van der Waals surface area contributed by atoms with Crippen molar-refractivity contribution in [2.45, 2.75) is 114 Å². The highest BCUT2D eigenvalue weighted by Gasteiger charge is 2.46. The van der Waals surface area contributed by atoms with Crippen molar-refractivity contribution in [1.82, 2.24) is 19.9 Å². The maximum absolute atomic E-state index is 13.4. The summed E-state index contributed by atoms with van der Waals surface area (Å²) in [6.45, 7) is 15.1. The number of ether oxygens (including phenoxy) is 2. The third kappa shape index (κ3) is 13.6. The third-order valence-corrected chi connectivity index (χ3v) is 19.0. The van der Waals surface area contributed by atoms with Crippen LogP contribution < -0.4 is 20.9 Å². The van der Waals surface area contributed by atoms with Gasteiger partial charge in [0.2, 0.25) is 0 Å². The van der Waals surface area contributed by atoms with E-state index in [1.54, 1.807) is 58.0 Å². The molecule has 2 aromatic carbocycles. The second kappa shape index (κ2) is 21.3. The van der Waals surface area contributed by atoms with E-state index in [9.17, 15) is 41.7 Å². The standard InChI is InChI=1S/C26H34N4O5S.C19H25NO5S.C7H11N3O.H3P/c1-24(2,32)23-27-11-6-21(29-23)28-22(31)19-5-4-18(36(33,34)17-25(3)15-35-16-25)14-20(19)30-12-9-26(7-8-26)10-13-30;1-18(11-25-12-18)13-26(23,24)14-2-3-15(17(21)22)16(10-14)20-8-6-19(4-5-19)7-9-20;1-7(2,11)6-9-4-3-5(8)10-6;/h4-6,11,14,32H,7-10,12-13,15-17H2,1-3H3,(H,27,28,29,31);2-3,10H,4-9,11-13H2,1H3,(H,21,22);3-4,11H,1-2H3,(H2,8,9,10);1H3/i;;;1T3. The second-order valence-electron chi connectivity index (χ2n) is 22.9. The second-order valence-corrected chi connectivity index (χ2v) is 26.9. The Morgan fingerprint density at radius 3 is 1.46 bits per heavy atom. The number of carboxylic acid groups (broad SMARTS) is 1. The first-order valence-corrected chi connectivity index (χ1v) is 28.2. The Morgan fingerprint density at radius 1 is 0.689 bits per heavy atom. The Hall–Kier alpha value is -4.89. The van der Waals surface area contributed by atoms with Crippen LogP contribution in [0.15, 0.2) is 70.7 Å². The van der Waals surface area contributed by atoms with E-state index < -0.39 is 46.6 Å². The number of hydrogen-bond donors (Lipinski definition) is 5. The number of nitrogens with zero attached hydrogens (tertiary/aromatic N) is 6. The molecular formula is C52H73N8O11PS2. The lowest BCUT2D eigenvalue weighted by Crippen LogP contribution is -2.45. The van der Waals surface area contributed by atoms with Gasteiger partial charge < -0.3 is 45.6 Å². The minimum absolute atomic E-state index is 0.00868. The molecule has 2 saturated carbocycles. The molecule has 4 aliphatic heterocycles. The largest absolute Gasteiger partial charge is 0.478 e. The zero-order chi connectivity index (χ0) is 56.4. The Bertz CT molecular complexity index is 3000. The van der Waals surface area contributed by atoms with Gasteiger partial charge in [-0.15, -0.1) is 0 Å². The molecule has 0 unspecified atom stereocenters. The van der Waals surface area contributed by atoms with Gasteiger partial charge in [-0.05, 0) is 138 Å². The molecule has 6 heterocycles. The van der Waals surface area contributed by atoms with E-state index in [1.165, 1.54) is 56.3 Å². The lowest BCUT2D eigenvalue weighted by Gasteiger charge is -2.38. The van der Waals surface area contributed by atoms with Gasteiger partial charge in [0.05, 0.1) is 74.1 Å². The number of nitrogens with two attached hydrogens (primary N) is 1. The van der Waals surface area contributed by atoms with Crippen LogP contribution in [-0.2, 0) is 40.4 Å². The van der Waals surface area contributed by atoms with E-state index in [2.05, 4.69) is 30.2 Å². The number of anilines is 4. The van der Waals surface area contributed by atoms with Crippen molar-refractivity contribution in [1.29, 1.82) is 3.84 Å². The molecule has 2 aromatic heterocycles. The predicted octanol–water partition coefficient (Wildman–Crippen LogP) is 6.07. The maximum Gasteiger partial charge on any atom is 0.337 e. The molecule has 6 aliphatic rings. The number of benzene rings is 2. The summed E-state index contributed by atoms with van der Waals surface area (Å²) in [5.41, 5.74) is 5.02. The van der Waals surface area contributed by atoms with Gasteiger partial charge in [-0.1, -0.05) is 13.8 Å². The van der Waals surface area contributed by atoms with Gasteiger partial charge in [0.1, 0.15) is 22.8 Å². The van der Waals surface area contributed by atoms with Crippen molar-refractivity contribution in [3.05, 3.63) is 83.7 Å². The van der Waals surface area contributed by atoms with Gasteiger partial charge in [-0.3, -0.25) is 4.79 Å². The lowest BCUT2D eigenvalue weighted by molar-refractivity contribution is -0.0870. The smallest absolute Gasteiger partial charge is 0.337 e. The Kier molecular flexibility index (Phi) is 15.1. The fraction of sp³-hybridized carbons (Fsp3) is 0.577. The normalized spacial score (nSPS) is 20.5. The number of carboxylic acids is 1. The molecule has 0 atom stereocenters. The predicted molar refractivity (Wildman–Crippen MR) is 286 cm³/mol. The molecule has 2 spiro atoms. The van der Waals surface area contributed by atoms with Crippen LogP contribution in [0.4, 0.5) is 23.0 Å². The van der Waals surface area contributed by atoms with Crippen LogP contribution in [0, 0.1) is 21.7 Å². The van der Waals surface area contributed by atoms with Crippen molar-refractivity contribution in [3.63, 3.8) is 0 Å². The first kappa shape index (κ1) is 52.5. The fourth-order valence-corrected chi connectivity index (χ4v) is 13.5. The number of aliphatic hydroxyl groups is 2. The van der Waals surface area contributed by atoms with E-state index in [-0.39, 0.29) is 55.2 Å². The minimum atomic E-state index is -3.56. The lowest BCUT2D eigenvalue weighted by atomic mass is 9.92. The molecule has 2 aliphatic carbocycles. The number of hydrogen-bond acceptors (Lipinski definition) is 17. The summed E-state index contributed by atoms with van der Waals surface area (Å²) in [5, 5.41) is 32.0. The molecule has 1 amide bonds. The van der Waals surface area contributed by atoms with Crippen LogP contribution in [0.3, 0.4) is 0 Å². The van der Waals surface area contributed by atoms with E-state index in [4.69, 9.17) is 19.0 Å². The molecule has 74 heavy (non-hydrogen) atoms. The van der Waals surface area contributed by atoms with E-state index in [0.717, 1.165) is 51.9 Å². The first-order chi connectivity index (χ1) is 35.8. The topological polar surface area (TPSA) is 278 Å². The minimum Gasteiger partial charge on any atom is -0.478 e. The number of amides is 1. The molecule has 0 bridgehead atoms. The highest BCUT2D eigenvalue weighted by Crippen LogP contribution is 2.55. The first-order valence-electron chi connectivity index (χ1n) is 26.3. The molecule has 6 N–H and O–H groups in total. The molecule has 4 aromatic rings. The average Bonchev–Trinajstić information content (AvgIpc) is 4.28. The monoisotopic (exact) mass is 1090 g/mol. The molecular weight excluding hydrogens is 1010 g/mol. The highest BCUT2D eigenvalue weighted by atomic mass is 32.2. The Morgan fingerprint density at radius 2 is 1.09 bits per heavy atom. The van der Waals surface area contributed by atoms with Crippen LogP contribution in [0.25, 0.3) is 0 Å². The maximum atomic E-state index is 13.4. The SMILES string of the molecule is CC(C)(O)c1nccc(N)n1.CC1(CS(=O)(=O)c2ccc(C(=O)Nc3ccnc(C(C)(C)O)n3)c(N3CCC4(CC3)CC4)c2)COC1.CC1(CS(=O)(=O)c2ccc(C(=O)O)c(N3CCC4(CC3)CC4)c2)COC1.[3H]P([3H])[3H]. The Balaban J connectivity index is 0.000000182. The summed E-state index contributed by atoms with van der Waals surface area (Å²) < 4.78 is 80.6. The summed E-state index contributed by atoms with van der Waals surface area (Å²) >= 11 is 0. The summed E-state index contributed by atoms with van der Waals surface area (Å²) in [5.74, 6) is -0.196. The number of aromatic carboxylic acids is 1. The van der Waals surface area contributed by atoms with Gasteiger partial charge in [0.15, 0.2) is 31.3 Å². The number of nitrogen functional groups attached to an aromatic ring is 1. The van der Waals surface area contributed by atoms with E-state index in [1.807, 2.05) is 18.7 Å². The number of rotatable bonds is 13. The van der Waals surface area contributed by atoms with Crippen molar-refractivity contribution >= 4 is 64.3 Å². The molecule has 19 nitrogen and oxygen atoms in total. The van der Waals surface area contributed by atoms with Gasteiger partial charge in [-0.2, -0.15) is 9.73 Å². The molecule has 4 saturated heterocycles. The van der Waals surface area contributed by atoms with E-state index >= 15 is 0 Å². The van der Waals surface area contributed by atoms with Gasteiger partial charge in [0, 0.05) is 49.4 Å². The van der Waals surface area contributed by atoms with Crippen LogP contribution in [0.5, 0.6) is 0 Å².